The molecule has 0 unspecified atom stereocenters. The lowest BCUT2D eigenvalue weighted by Gasteiger charge is -2.20. The largest absolute Gasteiger partial charge is 0.444 e. The zero-order valence-electron chi connectivity index (χ0n) is 14.5. The Kier molecular flexibility index (Phi) is 10.3. The zero-order chi connectivity index (χ0) is 17.3. The van der Waals surface area contributed by atoms with Gasteiger partial charge in [0.2, 0.25) is 0 Å². The van der Waals surface area contributed by atoms with Crippen molar-refractivity contribution in [3.63, 3.8) is 0 Å². The number of amides is 1. The number of carbonyl (C=O) groups is 1. The van der Waals surface area contributed by atoms with Crippen molar-refractivity contribution in [1.29, 1.82) is 0 Å². The fraction of sp³-hybridized carbons (Fsp3) is 0.500. The normalized spacial score (nSPS) is 11.3. The Labute approximate surface area is 159 Å². The lowest BCUT2D eigenvalue weighted by atomic mass is 10.2. The molecule has 8 heteroatoms. The zero-order valence-corrected chi connectivity index (χ0v) is 16.8. The summed E-state index contributed by atoms with van der Waals surface area (Å²) >= 11 is 0. The van der Waals surface area contributed by atoms with Gasteiger partial charge in [0.25, 0.3) is 0 Å². The molecule has 0 aliphatic rings. The summed E-state index contributed by atoms with van der Waals surface area (Å²) in [6, 6.07) is 6.55. The molecular weight excluding hydrogens is 426 g/mol. The van der Waals surface area contributed by atoms with Crippen LogP contribution in [0.3, 0.4) is 0 Å². The number of ether oxygens (including phenoxy) is 1. The highest BCUT2D eigenvalue weighted by Gasteiger charge is 2.15. The number of aliphatic imine (C=N–C) groups is 1. The predicted octanol–water partition coefficient (Wildman–Crippen LogP) is 2.63. The highest BCUT2D eigenvalue weighted by atomic mass is 127. The van der Waals surface area contributed by atoms with Crippen LogP contribution in [0.5, 0.6) is 0 Å². The fourth-order valence-corrected chi connectivity index (χ4v) is 1.70. The summed E-state index contributed by atoms with van der Waals surface area (Å²) < 4.78 is 18.6. The van der Waals surface area contributed by atoms with Crippen molar-refractivity contribution in [3.05, 3.63) is 35.6 Å². The average Bonchev–Trinajstić information content (AvgIpc) is 2.46. The standard InChI is InChI=1S/C16H25FN4O2.HI/c1-16(2,3)23-15(22)20-10-9-19-14(18-4)21-11-12-7-5-6-8-13(12)17;/h5-8H,9-11H2,1-4H3,(H,20,22)(H2,18,19,21);1H. The second-order valence-corrected chi connectivity index (χ2v) is 5.87. The molecule has 1 rings (SSSR count). The van der Waals surface area contributed by atoms with E-state index in [0.717, 1.165) is 0 Å². The molecule has 6 nitrogen and oxygen atoms in total. The minimum absolute atomic E-state index is 0. The number of hydrogen-bond acceptors (Lipinski definition) is 3. The van der Waals surface area contributed by atoms with Crippen LogP contribution in [-0.4, -0.2) is 37.8 Å². The number of carbonyl (C=O) groups excluding carboxylic acids is 1. The van der Waals surface area contributed by atoms with Gasteiger partial charge in [-0.1, -0.05) is 18.2 Å². The van der Waals surface area contributed by atoms with Crippen molar-refractivity contribution < 1.29 is 13.9 Å². The van der Waals surface area contributed by atoms with Gasteiger partial charge in [-0.2, -0.15) is 0 Å². The van der Waals surface area contributed by atoms with Crippen LogP contribution in [0.25, 0.3) is 0 Å². The molecular formula is C16H26FIN4O2. The van der Waals surface area contributed by atoms with Crippen LogP contribution in [0.4, 0.5) is 9.18 Å². The van der Waals surface area contributed by atoms with Crippen molar-refractivity contribution in [2.24, 2.45) is 4.99 Å². The Morgan fingerprint density at radius 1 is 1.17 bits per heavy atom. The van der Waals surface area contributed by atoms with Crippen molar-refractivity contribution in [1.82, 2.24) is 16.0 Å². The van der Waals surface area contributed by atoms with Gasteiger partial charge in [0.05, 0.1) is 0 Å². The summed E-state index contributed by atoms with van der Waals surface area (Å²) in [6.07, 6.45) is -0.464. The van der Waals surface area contributed by atoms with Gasteiger partial charge in [0.15, 0.2) is 5.96 Å². The Bertz CT molecular complexity index is 547. The summed E-state index contributed by atoms with van der Waals surface area (Å²) in [4.78, 5) is 15.5. The van der Waals surface area contributed by atoms with Crippen molar-refractivity contribution in [3.8, 4) is 0 Å². The third kappa shape index (κ3) is 9.53. The van der Waals surface area contributed by atoms with E-state index in [1.54, 1.807) is 46.0 Å². The first-order chi connectivity index (χ1) is 10.8. The Hall–Kier alpha value is -1.58. The molecule has 0 fully saturated rings. The maximum atomic E-state index is 13.5. The van der Waals surface area contributed by atoms with E-state index in [4.69, 9.17) is 4.74 Å². The second kappa shape index (κ2) is 11.1. The van der Waals surface area contributed by atoms with E-state index in [2.05, 4.69) is 20.9 Å². The van der Waals surface area contributed by atoms with Gasteiger partial charge in [-0.25, -0.2) is 9.18 Å². The highest BCUT2D eigenvalue weighted by Crippen LogP contribution is 2.06. The number of nitrogens with one attached hydrogen (secondary N) is 3. The molecule has 1 amide bonds. The quantitative estimate of drug-likeness (QED) is 0.278. The summed E-state index contributed by atoms with van der Waals surface area (Å²) in [7, 11) is 1.62. The molecule has 0 aliphatic carbocycles. The van der Waals surface area contributed by atoms with E-state index >= 15 is 0 Å². The van der Waals surface area contributed by atoms with Gasteiger partial charge in [-0.15, -0.1) is 24.0 Å². The summed E-state index contributed by atoms with van der Waals surface area (Å²) in [5.74, 6) is 0.265. The molecule has 0 saturated heterocycles. The monoisotopic (exact) mass is 452 g/mol. The van der Waals surface area contributed by atoms with Crippen LogP contribution < -0.4 is 16.0 Å². The molecule has 0 aliphatic heterocycles. The molecule has 0 atom stereocenters. The molecule has 136 valence electrons. The Morgan fingerprint density at radius 2 is 1.79 bits per heavy atom. The molecule has 3 N–H and O–H groups in total. The van der Waals surface area contributed by atoms with E-state index in [1.165, 1.54) is 6.07 Å². The van der Waals surface area contributed by atoms with Crippen molar-refractivity contribution in [2.75, 3.05) is 20.1 Å². The van der Waals surface area contributed by atoms with Crippen LogP contribution in [0.2, 0.25) is 0 Å². The maximum Gasteiger partial charge on any atom is 0.407 e. The van der Waals surface area contributed by atoms with E-state index in [9.17, 15) is 9.18 Å². The smallest absolute Gasteiger partial charge is 0.407 e. The first-order valence-electron chi connectivity index (χ1n) is 7.46. The third-order valence-corrected chi connectivity index (χ3v) is 2.71. The highest BCUT2D eigenvalue weighted by molar-refractivity contribution is 14.0. The number of nitrogens with zero attached hydrogens (tertiary/aromatic N) is 1. The van der Waals surface area contributed by atoms with Crippen molar-refractivity contribution in [2.45, 2.75) is 32.9 Å². The van der Waals surface area contributed by atoms with E-state index in [0.29, 0.717) is 31.2 Å². The first-order valence-corrected chi connectivity index (χ1v) is 7.46. The fourth-order valence-electron chi connectivity index (χ4n) is 1.70. The second-order valence-electron chi connectivity index (χ2n) is 5.87. The first kappa shape index (κ1) is 22.4. The third-order valence-electron chi connectivity index (χ3n) is 2.71. The lowest BCUT2D eigenvalue weighted by molar-refractivity contribution is 0.0529. The molecule has 0 spiro atoms. The lowest BCUT2D eigenvalue weighted by Crippen LogP contribution is -2.42. The molecule has 1 aromatic carbocycles. The molecule has 1 aromatic rings. The van der Waals surface area contributed by atoms with E-state index < -0.39 is 11.7 Å². The van der Waals surface area contributed by atoms with Crippen molar-refractivity contribution >= 4 is 36.0 Å². The van der Waals surface area contributed by atoms with Gasteiger partial charge < -0.3 is 20.7 Å². The minimum atomic E-state index is -0.519. The van der Waals surface area contributed by atoms with Crippen LogP contribution in [0, 0.1) is 5.82 Å². The summed E-state index contributed by atoms with van der Waals surface area (Å²) in [5.41, 5.74) is 0.0387. The predicted molar refractivity (Wildman–Crippen MR) is 104 cm³/mol. The summed E-state index contributed by atoms with van der Waals surface area (Å²) in [5, 5.41) is 8.67. The van der Waals surface area contributed by atoms with E-state index in [1.807, 2.05) is 0 Å². The topological polar surface area (TPSA) is 74.8 Å². The van der Waals surface area contributed by atoms with E-state index in [-0.39, 0.29) is 29.8 Å². The average molecular weight is 452 g/mol. The minimum Gasteiger partial charge on any atom is -0.444 e. The van der Waals surface area contributed by atoms with Gasteiger partial charge in [0, 0.05) is 32.2 Å². The molecule has 0 bridgehead atoms. The van der Waals surface area contributed by atoms with Crippen LogP contribution in [-0.2, 0) is 11.3 Å². The summed E-state index contributed by atoms with van der Waals surface area (Å²) in [6.45, 7) is 6.59. The Balaban J connectivity index is 0.00000529. The molecule has 0 heterocycles. The molecule has 0 saturated carbocycles. The van der Waals surface area contributed by atoms with Gasteiger partial charge in [0.1, 0.15) is 11.4 Å². The maximum absolute atomic E-state index is 13.5. The van der Waals surface area contributed by atoms with Gasteiger partial charge >= 0.3 is 6.09 Å². The van der Waals surface area contributed by atoms with Crippen LogP contribution >= 0.6 is 24.0 Å². The number of alkyl carbamates (subject to hydrolysis) is 1. The number of halogens is 2. The number of benzene rings is 1. The SMILES string of the molecule is CN=C(NCCNC(=O)OC(C)(C)C)NCc1ccccc1F.I. The van der Waals surface area contributed by atoms with Crippen LogP contribution in [0.1, 0.15) is 26.3 Å². The molecule has 0 aromatic heterocycles. The number of rotatable bonds is 5. The molecule has 24 heavy (non-hydrogen) atoms. The van der Waals surface area contributed by atoms with Gasteiger partial charge in [-0.3, -0.25) is 4.99 Å². The number of guanidine groups is 1. The Morgan fingerprint density at radius 3 is 2.38 bits per heavy atom. The number of hydrogen-bond donors (Lipinski definition) is 3. The van der Waals surface area contributed by atoms with Crippen LogP contribution in [0.15, 0.2) is 29.3 Å². The molecule has 0 radical (unpaired) electrons. The van der Waals surface area contributed by atoms with Gasteiger partial charge in [-0.05, 0) is 26.8 Å².